The summed E-state index contributed by atoms with van der Waals surface area (Å²) in [6.45, 7) is 7.01. The van der Waals surface area contributed by atoms with Crippen molar-refractivity contribution >= 4 is 19.7 Å². The zero-order valence-corrected chi connectivity index (χ0v) is 55.2. The molecule has 9 nitrogen and oxygen atoms in total. The predicted octanol–water partition coefficient (Wildman–Crippen LogP) is 21.8. The fourth-order valence-corrected chi connectivity index (χ4v) is 10.8. The molecule has 10 heteroatoms. The molecule has 0 saturated carbocycles. The number of phosphoric ester groups is 1. The minimum atomic E-state index is -4.46. The van der Waals surface area contributed by atoms with Gasteiger partial charge in [0.2, 0.25) is 5.91 Å². The maximum absolute atomic E-state index is 13.6. The largest absolute Gasteiger partial charge is 0.472 e. The zero-order chi connectivity index (χ0) is 59.3. The average molecular weight is 1160 g/mol. The van der Waals surface area contributed by atoms with E-state index in [1.807, 2.05) is 33.3 Å². The van der Waals surface area contributed by atoms with Crippen LogP contribution in [-0.2, 0) is 27.9 Å². The molecule has 0 saturated heterocycles. The summed E-state index contributed by atoms with van der Waals surface area (Å²) in [5.41, 5.74) is 0. The highest BCUT2D eigenvalue weighted by Crippen LogP contribution is 2.43. The van der Waals surface area contributed by atoms with Gasteiger partial charge in [0.25, 0.3) is 0 Å². The van der Waals surface area contributed by atoms with Gasteiger partial charge in [-0.2, -0.15) is 0 Å². The van der Waals surface area contributed by atoms with Crippen LogP contribution in [0.5, 0.6) is 0 Å². The Labute approximate surface area is 502 Å². The van der Waals surface area contributed by atoms with Gasteiger partial charge in [-0.25, -0.2) is 4.57 Å². The quantitative estimate of drug-likeness (QED) is 0.0205. The monoisotopic (exact) mass is 1160 g/mol. The normalized spacial score (nSPS) is 13.9. The number of hydrogen-bond acceptors (Lipinski definition) is 6. The van der Waals surface area contributed by atoms with Gasteiger partial charge in [0.15, 0.2) is 0 Å². The van der Waals surface area contributed by atoms with E-state index in [1.54, 1.807) is 0 Å². The second-order valence-electron chi connectivity index (χ2n) is 24.7. The molecule has 0 bridgehead atoms. The number of quaternary nitrogens is 1. The molecule has 0 rings (SSSR count). The van der Waals surface area contributed by atoms with Gasteiger partial charge in [0, 0.05) is 12.8 Å². The number of phosphoric acid groups is 1. The molecule has 2 N–H and O–H groups in total. The second-order valence-corrected chi connectivity index (χ2v) is 26.1. The van der Waals surface area contributed by atoms with E-state index in [0.717, 1.165) is 83.5 Å². The number of hydrogen-bond donors (Lipinski definition) is 2. The van der Waals surface area contributed by atoms with Crippen molar-refractivity contribution in [1.29, 1.82) is 0 Å². The summed E-state index contributed by atoms with van der Waals surface area (Å²) in [4.78, 5) is 37.9. The lowest BCUT2D eigenvalue weighted by atomic mass is 10.0. The van der Waals surface area contributed by atoms with Gasteiger partial charge in [0.05, 0.1) is 33.8 Å². The van der Waals surface area contributed by atoms with Crippen LogP contribution in [0.1, 0.15) is 329 Å². The van der Waals surface area contributed by atoms with Crippen LogP contribution in [-0.4, -0.2) is 74.3 Å². The molecule has 81 heavy (non-hydrogen) atoms. The van der Waals surface area contributed by atoms with Crippen molar-refractivity contribution in [3.63, 3.8) is 0 Å². The molecule has 3 unspecified atom stereocenters. The minimum Gasteiger partial charge on any atom is -0.456 e. The van der Waals surface area contributed by atoms with Crippen LogP contribution >= 0.6 is 7.82 Å². The number of ether oxygens (including phenoxy) is 1. The second kappa shape index (κ2) is 60.8. The molecule has 1 amide bonds. The third kappa shape index (κ3) is 62.1. The lowest BCUT2D eigenvalue weighted by Crippen LogP contribution is -2.47. The van der Waals surface area contributed by atoms with E-state index in [-0.39, 0.29) is 31.5 Å². The maximum atomic E-state index is 13.6. The summed E-state index contributed by atoms with van der Waals surface area (Å²) in [7, 11) is 1.49. The lowest BCUT2D eigenvalue weighted by molar-refractivity contribution is -0.870. The van der Waals surface area contributed by atoms with Crippen LogP contribution in [0.3, 0.4) is 0 Å². The van der Waals surface area contributed by atoms with Crippen LogP contribution < -0.4 is 5.32 Å². The molecular formula is C71H134N2O7P+. The highest BCUT2D eigenvalue weighted by molar-refractivity contribution is 7.47. The molecule has 0 heterocycles. The number of nitrogens with one attached hydrogen (secondary N) is 1. The molecule has 3 atom stereocenters. The summed E-state index contributed by atoms with van der Waals surface area (Å²) in [6, 6.07) is -0.856. The zero-order valence-electron chi connectivity index (χ0n) is 54.3. The number of amides is 1. The molecule has 0 radical (unpaired) electrons. The first kappa shape index (κ1) is 78.7. The van der Waals surface area contributed by atoms with Gasteiger partial charge in [-0.15, -0.1) is 0 Å². The van der Waals surface area contributed by atoms with Crippen LogP contribution in [0, 0.1) is 0 Å². The number of esters is 1. The van der Waals surface area contributed by atoms with Crippen LogP contribution in [0.4, 0.5) is 0 Å². The van der Waals surface area contributed by atoms with E-state index in [2.05, 4.69) is 74.7 Å². The number of allylic oxidation sites excluding steroid dienone is 9. The standard InChI is InChI=1S/C71H133N2O7P/c1-7-10-13-16-19-22-25-28-30-32-34-35-36-37-39-41-43-46-49-52-55-58-61-64-71(75)80-69(62-59-56-53-50-47-44-27-24-21-18-15-12-9-3)68(67-79-81(76,77)78-66-65-73(4,5)6)72-70(74)63-60-57-54-51-48-45-42-40-38-33-31-29-26-23-20-17-14-11-8-2/h20,23,28-31,38,40,59,62,68-69H,7-19,21-22,24-27,32-37,39,41-58,60-61,63-67H2,1-6H3,(H-,72,74,76,77)/p+1/b23-20-,30-28+,31-29-,40-38-,62-59+. The Morgan fingerprint density at radius 3 is 1.16 bits per heavy atom. The fourth-order valence-electron chi connectivity index (χ4n) is 10.1. The van der Waals surface area contributed by atoms with E-state index in [1.165, 1.54) is 212 Å². The topological polar surface area (TPSA) is 111 Å². The Balaban J connectivity index is 5.16. The summed E-state index contributed by atoms with van der Waals surface area (Å²) in [6.07, 6.45) is 77.9. The van der Waals surface area contributed by atoms with E-state index < -0.39 is 20.0 Å². The Kier molecular flexibility index (Phi) is 59.1. The van der Waals surface area contributed by atoms with Crippen molar-refractivity contribution in [2.45, 2.75) is 341 Å². The molecule has 0 spiro atoms. The lowest BCUT2D eigenvalue weighted by Gasteiger charge is -2.27. The number of unbranched alkanes of at least 4 members (excludes halogenated alkanes) is 39. The number of rotatable bonds is 63. The van der Waals surface area contributed by atoms with Crippen molar-refractivity contribution < 1.29 is 37.3 Å². The predicted molar refractivity (Wildman–Crippen MR) is 351 cm³/mol. The van der Waals surface area contributed by atoms with Crippen molar-refractivity contribution in [3.05, 3.63) is 60.8 Å². The fraction of sp³-hybridized carbons (Fsp3) is 0.831. The highest BCUT2D eigenvalue weighted by atomic mass is 31.2. The SMILES string of the molecule is CCCCC/C=C\C/C=C\C/C=C\CCCCCCCCC(=O)NC(COP(=O)(O)OCC[N+](C)(C)C)C(/C=C/CCCCCCCCCCCCC)OC(=O)CCCCCCCCCCCCCCC/C=C/CCCCCCCC. The van der Waals surface area contributed by atoms with E-state index in [0.29, 0.717) is 17.4 Å². The first-order valence-electron chi connectivity index (χ1n) is 34.6. The first-order valence-corrected chi connectivity index (χ1v) is 36.1. The number of nitrogens with zero attached hydrogens (tertiary/aromatic N) is 1. The smallest absolute Gasteiger partial charge is 0.456 e. The number of likely N-dealkylation sites (N-methyl/N-ethyl adjacent to an activating group) is 1. The van der Waals surface area contributed by atoms with Crippen LogP contribution in [0.2, 0.25) is 0 Å². The van der Waals surface area contributed by atoms with Gasteiger partial charge < -0.3 is 19.4 Å². The Morgan fingerprint density at radius 2 is 0.753 bits per heavy atom. The van der Waals surface area contributed by atoms with Crippen molar-refractivity contribution in [3.8, 4) is 0 Å². The molecule has 0 aromatic heterocycles. The summed E-state index contributed by atoms with van der Waals surface area (Å²) >= 11 is 0. The summed E-state index contributed by atoms with van der Waals surface area (Å²) < 4.78 is 30.8. The third-order valence-corrected chi connectivity index (χ3v) is 16.4. The van der Waals surface area contributed by atoms with Crippen LogP contribution in [0.15, 0.2) is 60.8 Å². The van der Waals surface area contributed by atoms with Crippen molar-refractivity contribution in [2.75, 3.05) is 40.9 Å². The van der Waals surface area contributed by atoms with E-state index in [9.17, 15) is 19.0 Å². The van der Waals surface area contributed by atoms with Gasteiger partial charge in [-0.3, -0.25) is 18.6 Å². The third-order valence-electron chi connectivity index (χ3n) is 15.4. The molecule has 0 aliphatic heterocycles. The first-order chi connectivity index (χ1) is 39.4. The summed E-state index contributed by atoms with van der Waals surface area (Å²) in [5.74, 6) is -0.509. The van der Waals surface area contributed by atoms with Gasteiger partial charge in [0.1, 0.15) is 19.3 Å². The molecule has 0 aliphatic rings. The molecule has 474 valence electrons. The molecule has 0 fully saturated rings. The highest BCUT2D eigenvalue weighted by Gasteiger charge is 2.30. The molecule has 0 aromatic carbocycles. The average Bonchev–Trinajstić information content (AvgIpc) is 3.44. The Morgan fingerprint density at radius 1 is 0.432 bits per heavy atom. The van der Waals surface area contributed by atoms with Gasteiger partial charge in [-0.05, 0) is 96.0 Å². The number of carbonyl (C=O) groups excluding carboxylic acids is 2. The summed E-state index contributed by atoms with van der Waals surface area (Å²) in [5, 5.41) is 3.06. The number of carbonyl (C=O) groups is 2. The van der Waals surface area contributed by atoms with E-state index >= 15 is 0 Å². The maximum Gasteiger partial charge on any atom is 0.472 e. The minimum absolute atomic E-state index is 0.0372. The van der Waals surface area contributed by atoms with Crippen molar-refractivity contribution in [2.24, 2.45) is 0 Å². The molecule has 0 aromatic rings. The van der Waals surface area contributed by atoms with Crippen LogP contribution in [0.25, 0.3) is 0 Å². The van der Waals surface area contributed by atoms with Gasteiger partial charge in [-0.1, -0.05) is 281 Å². The van der Waals surface area contributed by atoms with Crippen molar-refractivity contribution in [1.82, 2.24) is 5.32 Å². The molecular weight excluding hydrogens is 1020 g/mol. The van der Waals surface area contributed by atoms with Gasteiger partial charge >= 0.3 is 13.8 Å². The molecule has 0 aliphatic carbocycles. The Bertz CT molecular complexity index is 1570. The Hall–Kier alpha value is -2.29. The van der Waals surface area contributed by atoms with E-state index in [4.69, 9.17) is 13.8 Å².